The first kappa shape index (κ1) is 14.0. The summed E-state index contributed by atoms with van der Waals surface area (Å²) in [5, 5.41) is 2.16. The Balaban J connectivity index is 2.33. The topological polar surface area (TPSA) is 46.2 Å². The van der Waals surface area contributed by atoms with Gasteiger partial charge in [0.15, 0.2) is 0 Å². The molecular weight excluding hydrogens is 270 g/mol. The summed E-state index contributed by atoms with van der Waals surface area (Å²) in [4.78, 5) is 24.8. The van der Waals surface area contributed by atoms with Gasteiger partial charge in [-0.05, 0) is 31.4 Å². The number of benzene rings is 1. The molecule has 0 saturated carbocycles. The van der Waals surface area contributed by atoms with Crippen LogP contribution >= 0.6 is 11.3 Å². The van der Waals surface area contributed by atoms with E-state index in [2.05, 4.69) is 11.4 Å². The van der Waals surface area contributed by atoms with Gasteiger partial charge in [-0.25, -0.2) is 0 Å². The van der Waals surface area contributed by atoms with Crippen molar-refractivity contribution in [2.24, 2.45) is 0 Å². The van der Waals surface area contributed by atoms with Crippen LogP contribution in [0.15, 0.2) is 30.3 Å². The molecule has 1 aromatic carbocycles. The van der Waals surface area contributed by atoms with Gasteiger partial charge in [-0.1, -0.05) is 29.8 Å². The first-order valence-electron chi connectivity index (χ1n) is 6.00. The molecule has 0 unspecified atom stereocenters. The van der Waals surface area contributed by atoms with Gasteiger partial charge < -0.3 is 0 Å². The van der Waals surface area contributed by atoms with Crippen molar-refractivity contribution in [3.05, 3.63) is 46.3 Å². The Morgan fingerprint density at radius 2 is 2.00 bits per heavy atom. The van der Waals surface area contributed by atoms with E-state index in [-0.39, 0.29) is 0 Å². The van der Waals surface area contributed by atoms with Crippen LogP contribution in [0.2, 0.25) is 0 Å². The number of carbonyl (C=O) groups is 2. The van der Waals surface area contributed by atoms with Crippen LogP contribution in [0.1, 0.15) is 20.8 Å². The van der Waals surface area contributed by atoms with Crippen molar-refractivity contribution in [3.8, 4) is 22.8 Å². The van der Waals surface area contributed by atoms with Gasteiger partial charge in [0.1, 0.15) is 0 Å². The molecule has 0 radical (unpaired) electrons. The molecule has 0 atom stereocenters. The Bertz CT molecular complexity index is 722. The summed E-state index contributed by atoms with van der Waals surface area (Å²) in [7, 11) is 0. The highest BCUT2D eigenvalue weighted by molar-refractivity contribution is 7.15. The molecule has 1 aromatic heterocycles. The zero-order valence-electron chi connectivity index (χ0n) is 11.2. The van der Waals surface area contributed by atoms with E-state index in [4.69, 9.17) is 6.42 Å². The molecule has 0 aliphatic carbocycles. The maximum absolute atomic E-state index is 11.9. The third-order valence-corrected chi connectivity index (χ3v) is 3.92. The fourth-order valence-corrected chi connectivity index (χ4v) is 2.87. The van der Waals surface area contributed by atoms with Crippen LogP contribution in [0.5, 0.6) is 0 Å². The fourth-order valence-electron chi connectivity index (χ4n) is 1.85. The zero-order valence-corrected chi connectivity index (χ0v) is 12.0. The molecule has 100 valence electrons. The maximum Gasteiger partial charge on any atom is 0.302 e. The summed E-state index contributed by atoms with van der Waals surface area (Å²) in [6.45, 7) is 3.86. The number of aryl methyl sites for hydroxylation is 2. The predicted octanol–water partition coefficient (Wildman–Crippen LogP) is 2.92. The largest absolute Gasteiger partial charge is 0.302 e. The van der Waals surface area contributed by atoms with Gasteiger partial charge >= 0.3 is 5.91 Å². The number of hydrogen-bond acceptors (Lipinski definition) is 3. The highest BCUT2D eigenvalue weighted by Gasteiger charge is 2.15. The molecule has 0 fully saturated rings. The number of hydrogen-bond donors (Lipinski definition) is 1. The Labute approximate surface area is 121 Å². The molecule has 20 heavy (non-hydrogen) atoms. The molecule has 0 aliphatic rings. The standard InChI is InChI=1S/C16H13NO2S/c1-4-15(18)17-16(19)13-9-14(20-11(13)3)12-7-5-6-10(2)8-12/h1,5-9H,2-3H3,(H,17,18,19). The minimum atomic E-state index is -0.724. The summed E-state index contributed by atoms with van der Waals surface area (Å²) >= 11 is 1.52. The first-order chi connectivity index (χ1) is 9.51. The number of rotatable bonds is 2. The van der Waals surface area contributed by atoms with Crippen LogP contribution in [-0.2, 0) is 4.79 Å². The van der Waals surface area contributed by atoms with E-state index in [1.807, 2.05) is 38.0 Å². The van der Waals surface area contributed by atoms with Gasteiger partial charge in [0.2, 0.25) is 0 Å². The Hall–Kier alpha value is -2.38. The van der Waals surface area contributed by atoms with Gasteiger partial charge in [0.05, 0.1) is 5.56 Å². The van der Waals surface area contributed by atoms with Gasteiger partial charge in [0.25, 0.3) is 5.91 Å². The van der Waals surface area contributed by atoms with E-state index >= 15 is 0 Å². The lowest BCUT2D eigenvalue weighted by Gasteiger charge is -1.99. The average Bonchev–Trinajstić information content (AvgIpc) is 2.80. The maximum atomic E-state index is 11.9. The third kappa shape index (κ3) is 2.95. The highest BCUT2D eigenvalue weighted by atomic mass is 32.1. The number of amides is 2. The lowest BCUT2D eigenvalue weighted by atomic mass is 10.1. The molecule has 2 amide bonds. The van der Waals surface area contributed by atoms with E-state index in [1.54, 1.807) is 6.07 Å². The van der Waals surface area contributed by atoms with Crippen LogP contribution in [0.25, 0.3) is 10.4 Å². The summed E-state index contributed by atoms with van der Waals surface area (Å²) in [6, 6.07) is 9.82. The molecule has 0 saturated heterocycles. The minimum Gasteiger partial charge on any atom is -0.281 e. The monoisotopic (exact) mass is 283 g/mol. The number of terminal acetylenes is 1. The predicted molar refractivity (Wildman–Crippen MR) is 80.5 cm³/mol. The van der Waals surface area contributed by atoms with Gasteiger partial charge in [0, 0.05) is 9.75 Å². The highest BCUT2D eigenvalue weighted by Crippen LogP contribution is 2.31. The van der Waals surface area contributed by atoms with Crippen molar-refractivity contribution < 1.29 is 9.59 Å². The Morgan fingerprint density at radius 3 is 2.65 bits per heavy atom. The number of thiophene rings is 1. The minimum absolute atomic E-state index is 0.458. The molecule has 2 rings (SSSR count). The van der Waals surface area contributed by atoms with E-state index in [9.17, 15) is 9.59 Å². The van der Waals surface area contributed by atoms with Gasteiger partial charge in [-0.3, -0.25) is 14.9 Å². The molecule has 3 nitrogen and oxygen atoms in total. The molecular formula is C16H13NO2S. The van der Waals surface area contributed by atoms with Crippen LogP contribution in [-0.4, -0.2) is 11.8 Å². The van der Waals surface area contributed by atoms with Gasteiger partial charge in [-0.15, -0.1) is 17.8 Å². The summed E-state index contributed by atoms with van der Waals surface area (Å²) < 4.78 is 0. The second-order valence-corrected chi connectivity index (χ2v) is 5.63. The lowest BCUT2D eigenvalue weighted by molar-refractivity contribution is -0.114. The van der Waals surface area contributed by atoms with Crippen LogP contribution in [0.4, 0.5) is 0 Å². The number of carbonyl (C=O) groups excluding carboxylic acids is 2. The summed E-state index contributed by atoms with van der Waals surface area (Å²) in [5.74, 6) is 0.681. The zero-order chi connectivity index (χ0) is 14.7. The second-order valence-electron chi connectivity index (χ2n) is 4.38. The summed E-state index contributed by atoms with van der Waals surface area (Å²) in [6.07, 6.45) is 4.94. The van der Waals surface area contributed by atoms with Crippen molar-refractivity contribution in [1.82, 2.24) is 5.32 Å². The van der Waals surface area contributed by atoms with E-state index < -0.39 is 11.8 Å². The Kier molecular flexibility index (Phi) is 4.02. The van der Waals surface area contributed by atoms with Crippen molar-refractivity contribution in [1.29, 1.82) is 0 Å². The van der Waals surface area contributed by atoms with Crippen molar-refractivity contribution in [3.63, 3.8) is 0 Å². The first-order valence-corrected chi connectivity index (χ1v) is 6.82. The Morgan fingerprint density at radius 1 is 1.25 bits per heavy atom. The fraction of sp³-hybridized carbons (Fsp3) is 0.125. The smallest absolute Gasteiger partial charge is 0.281 e. The molecule has 0 bridgehead atoms. The van der Waals surface area contributed by atoms with Crippen LogP contribution < -0.4 is 5.32 Å². The van der Waals surface area contributed by atoms with E-state index in [0.29, 0.717) is 5.56 Å². The van der Waals surface area contributed by atoms with Gasteiger partial charge in [-0.2, -0.15) is 0 Å². The van der Waals surface area contributed by atoms with Crippen molar-refractivity contribution in [2.45, 2.75) is 13.8 Å². The molecule has 1 heterocycles. The molecule has 4 heteroatoms. The van der Waals surface area contributed by atoms with E-state index in [0.717, 1.165) is 20.9 Å². The lowest BCUT2D eigenvalue weighted by Crippen LogP contribution is -2.29. The molecule has 0 aliphatic heterocycles. The van der Waals surface area contributed by atoms with Crippen LogP contribution in [0, 0.1) is 26.2 Å². The van der Waals surface area contributed by atoms with Crippen molar-refractivity contribution in [2.75, 3.05) is 0 Å². The average molecular weight is 283 g/mol. The number of nitrogens with one attached hydrogen (secondary N) is 1. The SMILES string of the molecule is C#CC(=O)NC(=O)c1cc(-c2cccc(C)c2)sc1C. The number of imide groups is 1. The molecule has 2 aromatic rings. The summed E-state index contributed by atoms with van der Waals surface area (Å²) in [5.41, 5.74) is 2.69. The molecule has 1 N–H and O–H groups in total. The third-order valence-electron chi connectivity index (χ3n) is 2.82. The normalized spacial score (nSPS) is 9.85. The quantitative estimate of drug-likeness (QED) is 0.861. The van der Waals surface area contributed by atoms with Crippen LogP contribution in [0.3, 0.4) is 0 Å². The second kappa shape index (κ2) is 5.72. The molecule has 0 spiro atoms. The van der Waals surface area contributed by atoms with Crippen molar-refractivity contribution >= 4 is 23.2 Å². The van der Waals surface area contributed by atoms with E-state index in [1.165, 1.54) is 11.3 Å².